The number of likely N-dealkylation sites (N-methyl/N-ethyl adjacent to an activating group) is 1. The molecule has 0 bridgehead atoms. The molecule has 2 aliphatic heterocycles. The molecule has 0 saturated heterocycles. The van der Waals surface area contributed by atoms with Crippen molar-refractivity contribution in [2.45, 2.75) is 12.6 Å². The van der Waals surface area contributed by atoms with Crippen molar-refractivity contribution in [1.29, 1.82) is 0 Å². The van der Waals surface area contributed by atoms with E-state index in [9.17, 15) is 4.79 Å². The van der Waals surface area contributed by atoms with E-state index in [1.807, 2.05) is 13.1 Å². The molecule has 1 unspecified atom stereocenters. The van der Waals surface area contributed by atoms with Gasteiger partial charge in [-0.25, -0.2) is 5.43 Å². The van der Waals surface area contributed by atoms with Crippen LogP contribution in [0.1, 0.15) is 27.7 Å². The van der Waals surface area contributed by atoms with Gasteiger partial charge in [-0.1, -0.05) is 0 Å². The van der Waals surface area contributed by atoms with Crippen molar-refractivity contribution in [3.05, 3.63) is 47.3 Å². The molecular weight excluding hydrogens is 336 g/mol. The number of aromatic nitrogens is 1. The highest BCUT2D eigenvalue weighted by Gasteiger charge is 2.34. The molecule has 2 aliphatic rings. The van der Waals surface area contributed by atoms with E-state index in [1.54, 1.807) is 31.6 Å². The van der Waals surface area contributed by atoms with E-state index in [4.69, 9.17) is 14.2 Å². The van der Waals surface area contributed by atoms with Crippen LogP contribution in [0.4, 0.5) is 0 Å². The molecule has 1 aromatic heterocycles. The summed E-state index contributed by atoms with van der Waals surface area (Å²) >= 11 is 0. The number of hydrogen-bond donors (Lipinski definition) is 2. The zero-order valence-corrected chi connectivity index (χ0v) is 14.6. The van der Waals surface area contributed by atoms with E-state index >= 15 is 0 Å². The van der Waals surface area contributed by atoms with Crippen LogP contribution < -0.4 is 25.1 Å². The van der Waals surface area contributed by atoms with Crippen molar-refractivity contribution in [3.63, 3.8) is 0 Å². The smallest absolute Gasteiger partial charge is 0.265 e. The average Bonchev–Trinajstić information content (AvgIpc) is 3.14. The summed E-state index contributed by atoms with van der Waals surface area (Å²) in [7, 11) is 3.60. The van der Waals surface area contributed by atoms with Gasteiger partial charge in [0.2, 0.25) is 12.5 Å². The van der Waals surface area contributed by atoms with Gasteiger partial charge >= 0.3 is 0 Å². The van der Waals surface area contributed by atoms with Crippen molar-refractivity contribution >= 4 is 5.91 Å². The van der Waals surface area contributed by atoms with E-state index in [2.05, 4.69) is 20.7 Å². The molecule has 26 heavy (non-hydrogen) atoms. The maximum atomic E-state index is 12.4. The van der Waals surface area contributed by atoms with E-state index in [1.165, 1.54) is 0 Å². The fraction of sp³-hybridized carbons (Fsp3) is 0.333. The van der Waals surface area contributed by atoms with Crippen LogP contribution in [-0.4, -0.2) is 43.3 Å². The molecule has 0 saturated carbocycles. The molecule has 8 nitrogen and oxygen atoms in total. The van der Waals surface area contributed by atoms with E-state index in [0.717, 1.165) is 24.1 Å². The number of hydrogen-bond acceptors (Lipinski definition) is 7. The zero-order valence-electron chi connectivity index (χ0n) is 14.6. The predicted molar refractivity (Wildman–Crippen MR) is 93.0 cm³/mol. The molecule has 0 spiro atoms. The molecule has 3 heterocycles. The highest BCUT2D eigenvalue weighted by molar-refractivity contribution is 5.93. The van der Waals surface area contributed by atoms with Crippen LogP contribution in [0.2, 0.25) is 0 Å². The molecule has 1 amide bonds. The Bertz CT molecular complexity index is 828. The Kier molecular flexibility index (Phi) is 4.36. The lowest BCUT2D eigenvalue weighted by Gasteiger charge is -2.36. The lowest BCUT2D eigenvalue weighted by Crippen LogP contribution is -2.48. The predicted octanol–water partition coefficient (Wildman–Crippen LogP) is 1.24. The lowest BCUT2D eigenvalue weighted by atomic mass is 9.95. The largest absolute Gasteiger partial charge is 0.492 e. The average molecular weight is 356 g/mol. The van der Waals surface area contributed by atoms with Crippen molar-refractivity contribution in [1.82, 2.24) is 20.7 Å². The van der Waals surface area contributed by atoms with Crippen LogP contribution in [0.15, 0.2) is 30.6 Å². The summed E-state index contributed by atoms with van der Waals surface area (Å²) in [5.74, 6) is 1.71. The first kappa shape index (κ1) is 16.6. The van der Waals surface area contributed by atoms with Crippen LogP contribution in [0.3, 0.4) is 0 Å². The maximum Gasteiger partial charge on any atom is 0.265 e. The van der Waals surface area contributed by atoms with E-state index < -0.39 is 0 Å². The minimum Gasteiger partial charge on any atom is -0.492 e. The van der Waals surface area contributed by atoms with Crippen molar-refractivity contribution < 1.29 is 19.0 Å². The van der Waals surface area contributed by atoms with Gasteiger partial charge in [-0.15, -0.1) is 0 Å². The Morgan fingerprint density at radius 2 is 2.15 bits per heavy atom. The normalized spacial score (nSPS) is 18.3. The van der Waals surface area contributed by atoms with Gasteiger partial charge in [-0.2, -0.15) is 0 Å². The molecule has 0 aliphatic carbocycles. The molecule has 0 radical (unpaired) electrons. The first-order valence-electron chi connectivity index (χ1n) is 8.34. The second-order valence-electron chi connectivity index (χ2n) is 6.18. The van der Waals surface area contributed by atoms with Gasteiger partial charge in [-0.3, -0.25) is 20.1 Å². The van der Waals surface area contributed by atoms with Crippen LogP contribution in [0.5, 0.6) is 17.2 Å². The number of carbonyl (C=O) groups excluding carboxylic acids is 1. The van der Waals surface area contributed by atoms with E-state index in [0.29, 0.717) is 22.8 Å². The monoisotopic (exact) mass is 356 g/mol. The quantitative estimate of drug-likeness (QED) is 0.797. The highest BCUT2D eigenvalue weighted by Crippen LogP contribution is 2.48. The van der Waals surface area contributed by atoms with Crippen molar-refractivity contribution in [2.24, 2.45) is 0 Å². The number of nitrogens with one attached hydrogen (secondary N) is 2. The SMILES string of the molecule is COc1c2c(cc3c1C(NNC(=O)c1ccncc1)N(C)CC3)OCO2. The lowest BCUT2D eigenvalue weighted by molar-refractivity contribution is 0.0878. The molecule has 1 aromatic carbocycles. The Morgan fingerprint density at radius 3 is 2.92 bits per heavy atom. The molecule has 0 fully saturated rings. The maximum absolute atomic E-state index is 12.4. The molecule has 8 heteroatoms. The van der Waals surface area contributed by atoms with Crippen molar-refractivity contribution in [2.75, 3.05) is 27.5 Å². The summed E-state index contributed by atoms with van der Waals surface area (Å²) in [4.78, 5) is 18.4. The number of hydrazine groups is 1. The van der Waals surface area contributed by atoms with Crippen LogP contribution in [0.25, 0.3) is 0 Å². The number of carbonyl (C=O) groups is 1. The topological polar surface area (TPSA) is 85.0 Å². The first-order valence-corrected chi connectivity index (χ1v) is 8.34. The molecule has 4 rings (SSSR count). The summed E-state index contributed by atoms with van der Waals surface area (Å²) in [5, 5.41) is 0. The van der Waals surface area contributed by atoms with Gasteiger partial charge < -0.3 is 14.2 Å². The second kappa shape index (κ2) is 6.81. The summed E-state index contributed by atoms with van der Waals surface area (Å²) in [6.07, 6.45) is 3.77. The summed E-state index contributed by atoms with van der Waals surface area (Å²) in [5.41, 5.74) is 8.48. The van der Waals surface area contributed by atoms with Crippen LogP contribution in [0, 0.1) is 0 Å². The minimum absolute atomic E-state index is 0.182. The van der Waals surface area contributed by atoms with Crippen LogP contribution >= 0.6 is 0 Å². The molecule has 2 aromatic rings. The van der Waals surface area contributed by atoms with Crippen LogP contribution in [-0.2, 0) is 6.42 Å². The standard InChI is InChI=1S/C18H20N4O4/c1-22-8-5-12-9-13-15(26-10-25-13)16(24-2)14(12)17(22)20-21-18(23)11-3-6-19-7-4-11/h3-4,6-7,9,17,20H,5,8,10H2,1-2H3,(H,21,23). The summed E-state index contributed by atoms with van der Waals surface area (Å²) in [6.45, 7) is 1.01. The number of benzene rings is 1. The number of methoxy groups -OCH3 is 1. The fourth-order valence-electron chi connectivity index (χ4n) is 3.32. The van der Waals surface area contributed by atoms with Gasteiger partial charge in [0, 0.05) is 30.1 Å². The molecule has 2 N–H and O–H groups in total. The van der Waals surface area contributed by atoms with Gasteiger partial charge in [-0.05, 0) is 37.2 Å². The second-order valence-corrected chi connectivity index (χ2v) is 6.18. The third-order valence-corrected chi connectivity index (χ3v) is 4.66. The third kappa shape index (κ3) is 2.83. The number of amides is 1. The zero-order chi connectivity index (χ0) is 18.1. The third-order valence-electron chi connectivity index (χ3n) is 4.66. The van der Waals surface area contributed by atoms with Crippen molar-refractivity contribution in [3.8, 4) is 17.2 Å². The van der Waals surface area contributed by atoms with Gasteiger partial charge in [0.1, 0.15) is 6.17 Å². The van der Waals surface area contributed by atoms with Gasteiger partial charge in [0.25, 0.3) is 5.91 Å². The Labute approximate surface area is 151 Å². The van der Waals surface area contributed by atoms with Gasteiger partial charge in [0.15, 0.2) is 11.5 Å². The Morgan fingerprint density at radius 1 is 1.35 bits per heavy atom. The summed E-state index contributed by atoms with van der Waals surface area (Å²) in [6, 6.07) is 5.31. The first-order chi connectivity index (χ1) is 12.7. The highest BCUT2D eigenvalue weighted by atomic mass is 16.7. The fourth-order valence-corrected chi connectivity index (χ4v) is 3.32. The van der Waals surface area contributed by atoms with Gasteiger partial charge in [0.05, 0.1) is 7.11 Å². The summed E-state index contributed by atoms with van der Waals surface area (Å²) < 4.78 is 16.7. The Balaban J connectivity index is 1.63. The number of ether oxygens (including phenoxy) is 3. The molecule has 136 valence electrons. The molecular formula is C18H20N4O4. The number of nitrogens with zero attached hydrogens (tertiary/aromatic N) is 2. The number of pyridine rings is 1. The molecule has 1 atom stereocenters. The van der Waals surface area contributed by atoms with E-state index in [-0.39, 0.29) is 18.9 Å². The number of rotatable bonds is 4. The Hall–Kier alpha value is -2.84. The minimum atomic E-state index is -0.256. The number of fused-ring (bicyclic) bond motifs is 2.